The molecule has 0 aliphatic rings. The van der Waals surface area contributed by atoms with Gasteiger partial charge in [-0.1, -0.05) is 23.1 Å². The van der Waals surface area contributed by atoms with Crippen LogP contribution in [0.5, 0.6) is 0 Å². The van der Waals surface area contributed by atoms with Crippen molar-refractivity contribution in [1.29, 1.82) is 0 Å². The maximum absolute atomic E-state index is 9.81. The number of nitrogens with zero attached hydrogens (tertiary/aromatic N) is 2. The van der Waals surface area contributed by atoms with Crippen LogP contribution in [0, 0.1) is 0 Å². The highest BCUT2D eigenvalue weighted by Gasteiger charge is 2.09. The van der Waals surface area contributed by atoms with E-state index in [4.69, 9.17) is 9.15 Å². The molecule has 0 saturated carbocycles. The van der Waals surface area contributed by atoms with Crippen molar-refractivity contribution in [1.82, 2.24) is 10.2 Å². The number of furan rings is 1. The number of hydrogen-bond acceptors (Lipinski definition) is 8. The molecule has 0 aliphatic heterocycles. The number of rotatable bonds is 9. The van der Waals surface area contributed by atoms with Gasteiger partial charge in [0.25, 0.3) is 0 Å². The summed E-state index contributed by atoms with van der Waals surface area (Å²) in [5.41, 5.74) is 0. The van der Waals surface area contributed by atoms with Crippen molar-refractivity contribution in [3.63, 3.8) is 0 Å². The summed E-state index contributed by atoms with van der Waals surface area (Å²) in [4.78, 5) is 0. The van der Waals surface area contributed by atoms with E-state index in [1.807, 2.05) is 19.1 Å². The number of aromatic nitrogens is 2. The van der Waals surface area contributed by atoms with Crippen molar-refractivity contribution in [3.05, 3.63) is 24.2 Å². The Morgan fingerprint density at radius 3 is 3.20 bits per heavy atom. The van der Waals surface area contributed by atoms with E-state index in [9.17, 15) is 5.11 Å². The van der Waals surface area contributed by atoms with Gasteiger partial charge in [-0.2, -0.15) is 0 Å². The van der Waals surface area contributed by atoms with Gasteiger partial charge < -0.3 is 19.6 Å². The Kier molecular flexibility index (Phi) is 6.31. The molecule has 0 spiro atoms. The van der Waals surface area contributed by atoms with Crippen LogP contribution >= 0.6 is 23.1 Å². The minimum Gasteiger partial charge on any atom is -0.467 e. The Hall–Kier alpha value is -1.09. The normalized spacial score (nSPS) is 12.5. The maximum Gasteiger partial charge on any atom is 0.206 e. The lowest BCUT2D eigenvalue weighted by atomic mass is 10.4. The molecular weight excluding hydrogens is 298 g/mol. The molecular formula is C12H17N3O3S2. The van der Waals surface area contributed by atoms with E-state index in [0.29, 0.717) is 12.4 Å². The Labute approximate surface area is 125 Å². The number of hydrogen-bond donors (Lipinski definition) is 2. The van der Waals surface area contributed by atoms with E-state index < -0.39 is 6.10 Å². The highest BCUT2D eigenvalue weighted by atomic mass is 32.2. The molecule has 2 heterocycles. The molecule has 0 fully saturated rings. The minimum absolute atomic E-state index is 0.270. The molecule has 0 saturated heterocycles. The number of aliphatic hydroxyl groups excluding tert-OH is 1. The monoisotopic (exact) mass is 315 g/mol. The summed E-state index contributed by atoms with van der Waals surface area (Å²) in [5.74, 6) is 1.28. The van der Waals surface area contributed by atoms with Crippen molar-refractivity contribution in [3.8, 4) is 0 Å². The van der Waals surface area contributed by atoms with Gasteiger partial charge in [0.15, 0.2) is 4.34 Å². The Balaban J connectivity index is 1.62. The molecule has 6 nitrogen and oxygen atoms in total. The van der Waals surface area contributed by atoms with Crippen LogP contribution in [0.25, 0.3) is 0 Å². The summed E-state index contributed by atoms with van der Waals surface area (Å²) in [7, 11) is 0. The van der Waals surface area contributed by atoms with Gasteiger partial charge in [-0.05, 0) is 19.1 Å². The predicted octanol–water partition coefficient (Wildman–Crippen LogP) is 2.23. The van der Waals surface area contributed by atoms with Crippen LogP contribution in [0.1, 0.15) is 12.7 Å². The molecule has 0 amide bonds. The fourth-order valence-electron chi connectivity index (χ4n) is 1.40. The van der Waals surface area contributed by atoms with Crippen molar-refractivity contribution in [2.75, 3.05) is 24.2 Å². The average molecular weight is 315 g/mol. The summed E-state index contributed by atoms with van der Waals surface area (Å²) in [5, 5.41) is 21.7. The van der Waals surface area contributed by atoms with Crippen LogP contribution in [0.4, 0.5) is 5.13 Å². The van der Waals surface area contributed by atoms with Crippen LogP contribution < -0.4 is 5.32 Å². The second-order valence-electron chi connectivity index (χ2n) is 3.96. The second kappa shape index (κ2) is 8.25. The molecule has 0 aliphatic carbocycles. The molecule has 2 aromatic rings. The summed E-state index contributed by atoms with van der Waals surface area (Å²) in [6.07, 6.45) is 1.06. The van der Waals surface area contributed by atoms with Crippen molar-refractivity contribution in [2.24, 2.45) is 0 Å². The smallest absolute Gasteiger partial charge is 0.206 e. The second-order valence-corrected chi connectivity index (χ2v) is 6.21. The van der Waals surface area contributed by atoms with Gasteiger partial charge in [-0.25, -0.2) is 0 Å². The van der Waals surface area contributed by atoms with Crippen LogP contribution in [0.2, 0.25) is 0 Å². The third kappa shape index (κ3) is 5.12. The third-order valence-electron chi connectivity index (χ3n) is 2.27. The lowest BCUT2D eigenvalue weighted by Crippen LogP contribution is -2.17. The third-order valence-corrected chi connectivity index (χ3v) is 4.43. The molecule has 8 heteroatoms. The van der Waals surface area contributed by atoms with E-state index >= 15 is 0 Å². The van der Waals surface area contributed by atoms with Gasteiger partial charge in [0.2, 0.25) is 5.13 Å². The standard InChI is InChI=1S/C12H17N3O3S2/c1-2-13-11-14-15-12(20-11)19-8-9(16)6-17-7-10-4-3-5-18-10/h3-5,9,16H,2,6-8H2,1H3,(H,13,14). The summed E-state index contributed by atoms with van der Waals surface area (Å²) in [6, 6.07) is 3.65. The first-order valence-electron chi connectivity index (χ1n) is 6.26. The van der Waals surface area contributed by atoms with Crippen LogP contribution in [-0.4, -0.2) is 40.3 Å². The molecule has 0 bridgehead atoms. The molecule has 110 valence electrons. The molecule has 1 atom stereocenters. The van der Waals surface area contributed by atoms with Gasteiger partial charge in [0.05, 0.1) is 19.0 Å². The lowest BCUT2D eigenvalue weighted by Gasteiger charge is -2.08. The summed E-state index contributed by atoms with van der Waals surface area (Å²) in [6.45, 7) is 3.47. The first kappa shape index (κ1) is 15.3. The molecule has 2 N–H and O–H groups in total. The van der Waals surface area contributed by atoms with Crippen LogP contribution in [0.15, 0.2) is 27.2 Å². The van der Waals surface area contributed by atoms with Gasteiger partial charge in [-0.3, -0.25) is 0 Å². The van der Waals surface area contributed by atoms with E-state index in [-0.39, 0.29) is 6.61 Å². The Bertz CT molecular complexity index is 490. The van der Waals surface area contributed by atoms with Gasteiger partial charge >= 0.3 is 0 Å². The molecule has 2 aromatic heterocycles. The molecule has 20 heavy (non-hydrogen) atoms. The average Bonchev–Trinajstić information content (AvgIpc) is 3.08. The number of aliphatic hydroxyl groups is 1. The fraction of sp³-hybridized carbons (Fsp3) is 0.500. The fourth-order valence-corrected chi connectivity index (χ4v) is 3.15. The largest absolute Gasteiger partial charge is 0.467 e. The Morgan fingerprint density at radius 2 is 2.45 bits per heavy atom. The van der Waals surface area contributed by atoms with E-state index in [0.717, 1.165) is 21.8 Å². The number of anilines is 1. The van der Waals surface area contributed by atoms with E-state index in [2.05, 4.69) is 15.5 Å². The zero-order chi connectivity index (χ0) is 14.2. The van der Waals surface area contributed by atoms with Crippen molar-refractivity contribution in [2.45, 2.75) is 24.0 Å². The lowest BCUT2D eigenvalue weighted by molar-refractivity contribution is 0.0328. The first-order chi connectivity index (χ1) is 9.78. The van der Waals surface area contributed by atoms with Crippen LogP contribution in [0.3, 0.4) is 0 Å². The van der Waals surface area contributed by atoms with E-state index in [1.54, 1.807) is 6.26 Å². The minimum atomic E-state index is -0.540. The van der Waals surface area contributed by atoms with Crippen molar-refractivity contribution >= 4 is 28.2 Å². The van der Waals surface area contributed by atoms with Crippen LogP contribution in [-0.2, 0) is 11.3 Å². The topological polar surface area (TPSA) is 80.4 Å². The first-order valence-corrected chi connectivity index (χ1v) is 8.06. The highest BCUT2D eigenvalue weighted by Crippen LogP contribution is 2.25. The van der Waals surface area contributed by atoms with Gasteiger partial charge in [-0.15, -0.1) is 10.2 Å². The predicted molar refractivity (Wildman–Crippen MR) is 79.2 cm³/mol. The molecule has 0 radical (unpaired) electrons. The summed E-state index contributed by atoms with van der Waals surface area (Å²) >= 11 is 2.96. The highest BCUT2D eigenvalue weighted by molar-refractivity contribution is 8.01. The zero-order valence-corrected chi connectivity index (χ0v) is 12.7. The molecule has 2 rings (SSSR count). The molecule has 0 aromatic carbocycles. The quantitative estimate of drug-likeness (QED) is 0.687. The maximum atomic E-state index is 9.81. The van der Waals surface area contributed by atoms with Gasteiger partial charge in [0.1, 0.15) is 12.4 Å². The van der Waals surface area contributed by atoms with Gasteiger partial charge in [0, 0.05) is 12.3 Å². The van der Waals surface area contributed by atoms with E-state index in [1.165, 1.54) is 23.1 Å². The number of nitrogens with one attached hydrogen (secondary N) is 1. The summed E-state index contributed by atoms with van der Waals surface area (Å²) < 4.78 is 11.3. The number of thioether (sulfide) groups is 1. The SMILES string of the molecule is CCNc1nnc(SCC(O)COCc2ccco2)s1. The van der Waals surface area contributed by atoms with Crippen molar-refractivity contribution < 1.29 is 14.3 Å². The Morgan fingerprint density at radius 1 is 1.55 bits per heavy atom. The molecule has 1 unspecified atom stereocenters. The number of ether oxygens (including phenoxy) is 1. The zero-order valence-electron chi connectivity index (χ0n) is 11.1.